The van der Waals surface area contributed by atoms with Gasteiger partial charge in [0.05, 0.1) is 12.0 Å². The number of nitrogens with zero attached hydrogens (tertiary/aromatic N) is 2. The maximum atomic E-state index is 5.32. The van der Waals surface area contributed by atoms with E-state index in [-0.39, 0.29) is 0 Å². The zero-order chi connectivity index (χ0) is 13.1. The van der Waals surface area contributed by atoms with Crippen LogP contribution in [0.2, 0.25) is 0 Å². The topological polar surface area (TPSA) is 43.0 Å². The Morgan fingerprint density at radius 3 is 2.78 bits per heavy atom. The molecule has 0 aliphatic heterocycles. The van der Waals surface area contributed by atoms with Gasteiger partial charge < -0.3 is 9.73 Å². The van der Waals surface area contributed by atoms with Crippen molar-refractivity contribution in [3.05, 3.63) is 41.1 Å². The molecule has 0 saturated carbocycles. The van der Waals surface area contributed by atoms with Crippen molar-refractivity contribution in [1.29, 1.82) is 0 Å². The average Bonchev–Trinajstić information content (AvgIpc) is 2.89. The van der Waals surface area contributed by atoms with Crippen LogP contribution in [0.25, 0.3) is 0 Å². The van der Waals surface area contributed by atoms with Crippen LogP contribution in [0.5, 0.6) is 0 Å². The Labute approximate surface area is 108 Å². The minimum absolute atomic E-state index is 0.314. The average molecular weight is 247 g/mol. The lowest BCUT2D eigenvalue weighted by molar-refractivity contribution is 0.485. The molecule has 1 N–H and O–H groups in total. The molecule has 18 heavy (non-hydrogen) atoms. The van der Waals surface area contributed by atoms with Crippen molar-refractivity contribution in [3.8, 4) is 0 Å². The van der Waals surface area contributed by atoms with Crippen LogP contribution >= 0.6 is 0 Å². The van der Waals surface area contributed by atoms with Gasteiger partial charge in [-0.2, -0.15) is 5.10 Å². The zero-order valence-corrected chi connectivity index (χ0v) is 11.5. The fraction of sp³-hybridized carbons (Fsp3) is 0.500. The second kappa shape index (κ2) is 5.40. The third-order valence-electron chi connectivity index (χ3n) is 3.40. The van der Waals surface area contributed by atoms with E-state index in [0.717, 1.165) is 24.4 Å². The lowest BCUT2D eigenvalue weighted by Crippen LogP contribution is -2.22. The van der Waals surface area contributed by atoms with E-state index in [1.54, 1.807) is 6.26 Å². The molecule has 0 aliphatic carbocycles. The van der Waals surface area contributed by atoms with Crippen LogP contribution in [0.4, 0.5) is 0 Å². The summed E-state index contributed by atoms with van der Waals surface area (Å²) in [5.41, 5.74) is 3.63. The summed E-state index contributed by atoms with van der Waals surface area (Å²) in [7, 11) is 1.99. The van der Waals surface area contributed by atoms with Crippen molar-refractivity contribution in [2.24, 2.45) is 7.05 Å². The predicted octanol–water partition coefficient (Wildman–Crippen LogP) is 2.52. The molecule has 2 aromatic heterocycles. The number of aryl methyl sites for hydroxylation is 2. The summed E-state index contributed by atoms with van der Waals surface area (Å²) in [6.07, 6.45) is 2.63. The van der Waals surface area contributed by atoms with Crippen LogP contribution in [0.3, 0.4) is 0 Å². The lowest BCUT2D eigenvalue weighted by Gasteiger charge is -2.14. The molecule has 1 atom stereocenters. The molecule has 98 valence electrons. The molecule has 4 nitrogen and oxygen atoms in total. The molecule has 0 radical (unpaired) electrons. The van der Waals surface area contributed by atoms with Gasteiger partial charge in [0.15, 0.2) is 0 Å². The maximum absolute atomic E-state index is 5.32. The van der Waals surface area contributed by atoms with E-state index in [0.29, 0.717) is 6.04 Å². The second-order valence-corrected chi connectivity index (χ2v) is 4.71. The van der Waals surface area contributed by atoms with Gasteiger partial charge in [-0.15, -0.1) is 0 Å². The van der Waals surface area contributed by atoms with Gasteiger partial charge in [0.25, 0.3) is 0 Å². The van der Waals surface area contributed by atoms with Crippen molar-refractivity contribution < 1.29 is 4.42 Å². The standard InChI is InChI=1S/C14H21N3O/c1-10(14-11(2)16-17(4)12(14)3)15-8-7-13-6-5-9-18-13/h5-6,9-10,15H,7-8H2,1-4H3. The number of nitrogens with one attached hydrogen (secondary N) is 1. The van der Waals surface area contributed by atoms with E-state index in [4.69, 9.17) is 4.42 Å². The summed E-state index contributed by atoms with van der Waals surface area (Å²) in [6.45, 7) is 7.26. The molecule has 2 heterocycles. The molecule has 0 bridgehead atoms. The minimum Gasteiger partial charge on any atom is -0.469 e. The molecule has 0 saturated heterocycles. The van der Waals surface area contributed by atoms with Gasteiger partial charge in [-0.05, 0) is 32.9 Å². The number of furan rings is 1. The highest BCUT2D eigenvalue weighted by Gasteiger charge is 2.15. The van der Waals surface area contributed by atoms with Gasteiger partial charge in [0.1, 0.15) is 5.76 Å². The minimum atomic E-state index is 0.314. The summed E-state index contributed by atoms with van der Waals surface area (Å²) in [5.74, 6) is 1.02. The van der Waals surface area contributed by atoms with Crippen molar-refractivity contribution in [3.63, 3.8) is 0 Å². The Morgan fingerprint density at radius 2 is 2.22 bits per heavy atom. The summed E-state index contributed by atoms with van der Waals surface area (Å²) in [6, 6.07) is 4.25. The molecule has 0 amide bonds. The molecule has 1 unspecified atom stereocenters. The Balaban J connectivity index is 1.93. The van der Waals surface area contributed by atoms with E-state index in [1.807, 2.05) is 23.9 Å². The van der Waals surface area contributed by atoms with Crippen LogP contribution in [-0.2, 0) is 13.5 Å². The molecular formula is C14H21N3O. The van der Waals surface area contributed by atoms with Gasteiger partial charge in [-0.25, -0.2) is 0 Å². The normalized spacial score (nSPS) is 12.9. The van der Waals surface area contributed by atoms with Gasteiger partial charge in [0, 0.05) is 37.3 Å². The quantitative estimate of drug-likeness (QED) is 0.883. The Bertz CT molecular complexity index is 499. The van der Waals surface area contributed by atoms with Gasteiger partial charge in [-0.1, -0.05) is 0 Å². The van der Waals surface area contributed by atoms with Crippen molar-refractivity contribution in [1.82, 2.24) is 15.1 Å². The van der Waals surface area contributed by atoms with Gasteiger partial charge in [-0.3, -0.25) is 4.68 Å². The van der Waals surface area contributed by atoms with E-state index >= 15 is 0 Å². The molecule has 2 aromatic rings. The van der Waals surface area contributed by atoms with Crippen molar-refractivity contribution in [2.45, 2.75) is 33.2 Å². The molecule has 0 spiro atoms. The van der Waals surface area contributed by atoms with Crippen molar-refractivity contribution >= 4 is 0 Å². The third-order valence-corrected chi connectivity index (χ3v) is 3.40. The smallest absolute Gasteiger partial charge is 0.105 e. The van der Waals surface area contributed by atoms with Crippen LogP contribution in [0.1, 0.15) is 35.7 Å². The summed E-state index contributed by atoms with van der Waals surface area (Å²) < 4.78 is 7.26. The number of aromatic nitrogens is 2. The molecule has 4 heteroatoms. The maximum Gasteiger partial charge on any atom is 0.105 e. The Morgan fingerprint density at radius 1 is 1.44 bits per heavy atom. The fourth-order valence-electron chi connectivity index (χ4n) is 2.39. The predicted molar refractivity (Wildman–Crippen MR) is 71.5 cm³/mol. The molecular weight excluding hydrogens is 226 g/mol. The van der Waals surface area contributed by atoms with Crippen LogP contribution < -0.4 is 5.32 Å². The third kappa shape index (κ3) is 2.64. The van der Waals surface area contributed by atoms with Crippen LogP contribution in [-0.4, -0.2) is 16.3 Å². The Kier molecular flexibility index (Phi) is 3.87. The first-order valence-electron chi connectivity index (χ1n) is 6.35. The van der Waals surface area contributed by atoms with Gasteiger partial charge >= 0.3 is 0 Å². The summed E-state index contributed by atoms with van der Waals surface area (Å²) >= 11 is 0. The first kappa shape index (κ1) is 12.9. The molecule has 0 aliphatic rings. The van der Waals surface area contributed by atoms with E-state index < -0.39 is 0 Å². The largest absolute Gasteiger partial charge is 0.469 e. The van der Waals surface area contributed by atoms with E-state index in [1.165, 1.54) is 11.3 Å². The molecule has 2 rings (SSSR count). The highest BCUT2D eigenvalue weighted by molar-refractivity contribution is 5.27. The lowest BCUT2D eigenvalue weighted by atomic mass is 10.1. The van der Waals surface area contributed by atoms with E-state index in [2.05, 4.69) is 31.2 Å². The second-order valence-electron chi connectivity index (χ2n) is 4.71. The van der Waals surface area contributed by atoms with Gasteiger partial charge in [0.2, 0.25) is 0 Å². The summed E-state index contributed by atoms with van der Waals surface area (Å²) in [4.78, 5) is 0. The number of hydrogen-bond acceptors (Lipinski definition) is 3. The first-order valence-corrected chi connectivity index (χ1v) is 6.35. The summed E-state index contributed by atoms with van der Waals surface area (Å²) in [5, 5.41) is 7.97. The molecule has 0 aromatic carbocycles. The molecule has 0 fully saturated rings. The monoisotopic (exact) mass is 247 g/mol. The first-order chi connectivity index (χ1) is 8.59. The SMILES string of the molecule is Cc1nn(C)c(C)c1C(C)NCCc1ccco1. The van der Waals surface area contributed by atoms with E-state index in [9.17, 15) is 0 Å². The highest BCUT2D eigenvalue weighted by atomic mass is 16.3. The Hall–Kier alpha value is -1.55. The van der Waals surface area contributed by atoms with Crippen LogP contribution in [0.15, 0.2) is 22.8 Å². The zero-order valence-electron chi connectivity index (χ0n) is 11.5. The van der Waals surface area contributed by atoms with Crippen molar-refractivity contribution in [2.75, 3.05) is 6.54 Å². The fourth-order valence-corrected chi connectivity index (χ4v) is 2.39. The number of rotatable bonds is 5. The van der Waals surface area contributed by atoms with Crippen LogP contribution in [0, 0.1) is 13.8 Å². The highest BCUT2D eigenvalue weighted by Crippen LogP contribution is 2.20. The number of hydrogen-bond donors (Lipinski definition) is 1.